The Hall–Kier alpha value is -1.32. The van der Waals surface area contributed by atoms with E-state index in [-0.39, 0.29) is 0 Å². The average Bonchev–Trinajstić information content (AvgIpc) is 2.22. The summed E-state index contributed by atoms with van der Waals surface area (Å²) in [5.74, 6) is 2.61. The van der Waals surface area contributed by atoms with Gasteiger partial charge in [0.15, 0.2) is 0 Å². The highest BCUT2D eigenvalue weighted by Crippen LogP contribution is 2.29. The van der Waals surface area contributed by atoms with Crippen LogP contribution in [-0.4, -0.2) is 23.6 Å². The molecule has 0 atom stereocenters. The highest BCUT2D eigenvalue weighted by atomic mass is 15.1. The number of nitrogens with one attached hydrogen (secondary N) is 2. The molecule has 0 unspecified atom stereocenters. The minimum absolute atomic E-state index is 0.809. The van der Waals surface area contributed by atoms with Crippen molar-refractivity contribution in [1.82, 2.24) is 9.97 Å². The molecule has 1 aliphatic carbocycles. The van der Waals surface area contributed by atoms with E-state index < -0.39 is 0 Å². The van der Waals surface area contributed by atoms with Crippen LogP contribution in [-0.2, 0) is 0 Å². The van der Waals surface area contributed by atoms with Crippen molar-refractivity contribution in [2.24, 2.45) is 5.92 Å². The van der Waals surface area contributed by atoms with Crippen molar-refractivity contribution in [1.29, 1.82) is 0 Å². The van der Waals surface area contributed by atoms with E-state index >= 15 is 0 Å². The largest absolute Gasteiger partial charge is 0.372 e. The predicted octanol–water partition coefficient (Wildman–Crippen LogP) is 2.12. The predicted molar refractivity (Wildman–Crippen MR) is 62.0 cm³/mol. The Bertz CT molecular complexity index is 309. The maximum absolute atomic E-state index is 4.35. The van der Waals surface area contributed by atoms with Crippen LogP contribution in [0, 0.1) is 5.92 Å². The Morgan fingerprint density at radius 2 is 2.13 bits per heavy atom. The zero-order chi connectivity index (χ0) is 10.5. The van der Waals surface area contributed by atoms with E-state index in [2.05, 4.69) is 20.6 Å². The van der Waals surface area contributed by atoms with Gasteiger partial charge in [0.25, 0.3) is 0 Å². The number of hydrogen-bond acceptors (Lipinski definition) is 4. The van der Waals surface area contributed by atoms with E-state index in [0.717, 1.165) is 24.1 Å². The van der Waals surface area contributed by atoms with Gasteiger partial charge in [0.2, 0.25) is 0 Å². The van der Waals surface area contributed by atoms with Crippen LogP contribution in [0.1, 0.15) is 25.7 Å². The molecule has 0 aromatic carbocycles. The summed E-state index contributed by atoms with van der Waals surface area (Å²) in [7, 11) is 1.85. The van der Waals surface area contributed by atoms with Crippen molar-refractivity contribution in [2.75, 3.05) is 24.2 Å². The lowest BCUT2D eigenvalue weighted by molar-refractivity contribution is 0.303. The first kappa shape index (κ1) is 10.2. The van der Waals surface area contributed by atoms with Gasteiger partial charge in [-0.3, -0.25) is 4.98 Å². The molecule has 1 aliphatic rings. The lowest BCUT2D eigenvalue weighted by atomic mass is 9.83. The smallest absolute Gasteiger partial charge is 0.146 e. The van der Waals surface area contributed by atoms with Gasteiger partial charge in [0, 0.05) is 13.6 Å². The Balaban J connectivity index is 1.76. The van der Waals surface area contributed by atoms with Gasteiger partial charge in [-0.15, -0.1) is 0 Å². The maximum Gasteiger partial charge on any atom is 0.146 e. The second-order valence-corrected chi connectivity index (χ2v) is 4.05. The quantitative estimate of drug-likeness (QED) is 0.774. The van der Waals surface area contributed by atoms with Crippen LogP contribution < -0.4 is 10.6 Å². The zero-order valence-electron chi connectivity index (χ0n) is 9.16. The molecule has 0 radical (unpaired) electrons. The summed E-state index contributed by atoms with van der Waals surface area (Å²) in [4.78, 5) is 8.45. The van der Waals surface area contributed by atoms with Gasteiger partial charge in [-0.2, -0.15) is 0 Å². The van der Waals surface area contributed by atoms with Gasteiger partial charge in [-0.25, -0.2) is 4.98 Å². The second-order valence-electron chi connectivity index (χ2n) is 4.05. The van der Waals surface area contributed by atoms with Crippen LogP contribution in [0.2, 0.25) is 0 Å². The van der Waals surface area contributed by atoms with Crippen molar-refractivity contribution >= 4 is 11.6 Å². The number of aromatic nitrogens is 2. The Labute approximate surface area is 90.5 Å². The minimum Gasteiger partial charge on any atom is -0.372 e. The van der Waals surface area contributed by atoms with Gasteiger partial charge < -0.3 is 10.6 Å². The molecule has 1 aromatic rings. The van der Waals surface area contributed by atoms with Gasteiger partial charge >= 0.3 is 0 Å². The van der Waals surface area contributed by atoms with E-state index in [9.17, 15) is 0 Å². The van der Waals surface area contributed by atoms with E-state index in [4.69, 9.17) is 0 Å². The standard InChI is InChI=1S/C11H18N4/c1-12-10-7-13-8-11(15-10)14-6-5-9-3-2-4-9/h7-9H,2-6H2,1H3,(H2,12,14,15). The third kappa shape index (κ3) is 2.81. The molecule has 0 saturated heterocycles. The van der Waals surface area contributed by atoms with Gasteiger partial charge in [0.05, 0.1) is 12.4 Å². The van der Waals surface area contributed by atoms with Gasteiger partial charge in [-0.05, 0) is 12.3 Å². The van der Waals surface area contributed by atoms with E-state index in [1.54, 1.807) is 12.4 Å². The molecule has 0 spiro atoms. The summed E-state index contributed by atoms with van der Waals surface area (Å²) in [6.45, 7) is 1.01. The molecule has 0 amide bonds. The monoisotopic (exact) mass is 206 g/mol. The molecule has 0 bridgehead atoms. The van der Waals surface area contributed by atoms with Crippen molar-refractivity contribution in [2.45, 2.75) is 25.7 Å². The molecular formula is C11H18N4. The summed E-state index contributed by atoms with van der Waals surface area (Å²) in [6, 6.07) is 0. The fourth-order valence-corrected chi connectivity index (χ4v) is 1.76. The molecule has 1 heterocycles. The Kier molecular flexibility index (Phi) is 3.37. The third-order valence-electron chi connectivity index (χ3n) is 2.97. The summed E-state index contributed by atoms with van der Waals surface area (Å²) >= 11 is 0. The third-order valence-corrected chi connectivity index (χ3v) is 2.97. The molecule has 82 valence electrons. The highest BCUT2D eigenvalue weighted by Gasteiger charge is 2.16. The van der Waals surface area contributed by atoms with Crippen molar-refractivity contribution < 1.29 is 0 Å². The molecule has 15 heavy (non-hydrogen) atoms. The van der Waals surface area contributed by atoms with Gasteiger partial charge in [0.1, 0.15) is 11.6 Å². The van der Waals surface area contributed by atoms with Crippen LogP contribution in [0.3, 0.4) is 0 Å². The number of nitrogens with zero attached hydrogens (tertiary/aromatic N) is 2. The maximum atomic E-state index is 4.35. The topological polar surface area (TPSA) is 49.8 Å². The molecular weight excluding hydrogens is 188 g/mol. The van der Waals surface area contributed by atoms with Crippen LogP contribution in [0.5, 0.6) is 0 Å². The lowest BCUT2D eigenvalue weighted by Crippen LogP contribution is -2.16. The molecule has 1 fully saturated rings. The molecule has 4 nitrogen and oxygen atoms in total. The van der Waals surface area contributed by atoms with E-state index in [1.165, 1.54) is 25.7 Å². The highest BCUT2D eigenvalue weighted by molar-refractivity contribution is 5.40. The summed E-state index contributed by atoms with van der Waals surface area (Å²) in [5, 5.41) is 6.28. The van der Waals surface area contributed by atoms with Crippen molar-refractivity contribution in [3.63, 3.8) is 0 Å². The van der Waals surface area contributed by atoms with Gasteiger partial charge in [-0.1, -0.05) is 19.3 Å². The number of hydrogen-bond donors (Lipinski definition) is 2. The van der Waals surface area contributed by atoms with E-state index in [1.807, 2.05) is 7.05 Å². The molecule has 4 heteroatoms. The van der Waals surface area contributed by atoms with Crippen LogP contribution in [0.4, 0.5) is 11.6 Å². The fraction of sp³-hybridized carbons (Fsp3) is 0.636. The molecule has 1 saturated carbocycles. The SMILES string of the molecule is CNc1cncc(NCCC2CCC2)n1. The first-order valence-electron chi connectivity index (χ1n) is 5.62. The first-order valence-corrected chi connectivity index (χ1v) is 5.62. The Morgan fingerprint density at radius 3 is 2.80 bits per heavy atom. The normalized spacial score (nSPS) is 15.8. The zero-order valence-corrected chi connectivity index (χ0v) is 9.16. The molecule has 2 rings (SSSR count). The fourth-order valence-electron chi connectivity index (χ4n) is 1.76. The summed E-state index contributed by atoms with van der Waals surface area (Å²) in [6.07, 6.45) is 8.97. The van der Waals surface area contributed by atoms with Crippen molar-refractivity contribution in [3.05, 3.63) is 12.4 Å². The number of anilines is 2. The van der Waals surface area contributed by atoms with Crippen LogP contribution >= 0.6 is 0 Å². The minimum atomic E-state index is 0.809. The molecule has 0 aliphatic heterocycles. The number of rotatable bonds is 5. The first-order chi connectivity index (χ1) is 7.38. The Morgan fingerprint density at radius 1 is 1.33 bits per heavy atom. The molecule has 2 N–H and O–H groups in total. The average molecular weight is 206 g/mol. The lowest BCUT2D eigenvalue weighted by Gasteiger charge is -2.25. The van der Waals surface area contributed by atoms with Crippen LogP contribution in [0.25, 0.3) is 0 Å². The summed E-state index contributed by atoms with van der Waals surface area (Å²) < 4.78 is 0. The van der Waals surface area contributed by atoms with E-state index in [0.29, 0.717) is 0 Å². The molecule has 1 aromatic heterocycles. The summed E-state index contributed by atoms with van der Waals surface area (Å²) in [5.41, 5.74) is 0. The second kappa shape index (κ2) is 4.96. The van der Waals surface area contributed by atoms with Crippen molar-refractivity contribution in [3.8, 4) is 0 Å². The van der Waals surface area contributed by atoms with Crippen LogP contribution in [0.15, 0.2) is 12.4 Å².